The predicted molar refractivity (Wildman–Crippen MR) is 113 cm³/mol. The summed E-state index contributed by atoms with van der Waals surface area (Å²) in [7, 11) is 0. The van der Waals surface area contributed by atoms with Gasteiger partial charge in [-0.05, 0) is 23.3 Å². The first kappa shape index (κ1) is 18.3. The molecular formula is C25H21N3O3. The molecule has 0 N–H and O–H groups in total. The Balaban J connectivity index is 1.45. The number of aromatic nitrogens is 1. The van der Waals surface area contributed by atoms with E-state index in [2.05, 4.69) is 9.88 Å². The lowest BCUT2D eigenvalue weighted by Crippen LogP contribution is -2.45. The standard InChI is InChI=1S/C25H21N3O3/c29-23-20-21(24(30)27(23)14-16-7-2-1-3-8-16)25-28(22(20)17-10-6-12-26-13-17)19-11-5-4-9-18(19)15-31-25/h1-13,20-22,25H,14-15H2/t20-,21-,22+,25-/m0/s1. The summed E-state index contributed by atoms with van der Waals surface area (Å²) in [5, 5.41) is 0. The Bertz CT molecular complexity index is 1150. The number of para-hydroxylation sites is 1. The van der Waals surface area contributed by atoms with Crippen LogP contribution in [0.15, 0.2) is 79.1 Å². The molecular weight excluding hydrogens is 390 g/mol. The number of anilines is 1. The molecule has 4 atom stereocenters. The van der Waals surface area contributed by atoms with Crippen molar-refractivity contribution in [3.8, 4) is 0 Å². The molecule has 2 aromatic carbocycles. The van der Waals surface area contributed by atoms with Crippen LogP contribution in [0.4, 0.5) is 5.69 Å². The quantitative estimate of drug-likeness (QED) is 0.619. The number of pyridine rings is 1. The Hall–Kier alpha value is -3.51. The average molecular weight is 411 g/mol. The number of carbonyl (C=O) groups is 2. The summed E-state index contributed by atoms with van der Waals surface area (Å²) in [6, 6.07) is 21.2. The van der Waals surface area contributed by atoms with Gasteiger partial charge in [0.1, 0.15) is 6.23 Å². The number of benzene rings is 2. The Morgan fingerprint density at radius 1 is 0.903 bits per heavy atom. The van der Waals surface area contributed by atoms with Crippen LogP contribution in [0.1, 0.15) is 22.7 Å². The molecule has 6 nitrogen and oxygen atoms in total. The maximum atomic E-state index is 13.6. The second kappa shape index (κ2) is 7.03. The molecule has 0 saturated carbocycles. The van der Waals surface area contributed by atoms with Gasteiger partial charge in [-0.25, -0.2) is 0 Å². The molecule has 154 valence electrons. The summed E-state index contributed by atoms with van der Waals surface area (Å²) >= 11 is 0. The molecule has 1 aromatic heterocycles. The Morgan fingerprint density at radius 3 is 2.48 bits per heavy atom. The first-order valence-corrected chi connectivity index (χ1v) is 10.5. The minimum atomic E-state index is -0.533. The minimum absolute atomic E-state index is 0.136. The van der Waals surface area contributed by atoms with Crippen LogP contribution < -0.4 is 4.90 Å². The van der Waals surface area contributed by atoms with E-state index in [0.717, 1.165) is 22.4 Å². The normalized spacial score (nSPS) is 26.6. The number of hydrogen-bond donors (Lipinski definition) is 0. The third-order valence-electron chi connectivity index (χ3n) is 6.60. The zero-order valence-electron chi connectivity index (χ0n) is 16.8. The Kier molecular flexibility index (Phi) is 4.14. The average Bonchev–Trinajstić information content (AvgIpc) is 3.29. The van der Waals surface area contributed by atoms with Crippen LogP contribution in [0.3, 0.4) is 0 Å². The van der Waals surface area contributed by atoms with Gasteiger partial charge in [0.05, 0.1) is 31.0 Å². The van der Waals surface area contributed by atoms with Gasteiger partial charge in [0.25, 0.3) is 0 Å². The molecule has 6 rings (SSSR count). The van der Waals surface area contributed by atoms with E-state index >= 15 is 0 Å². The fraction of sp³-hybridized carbons (Fsp3) is 0.240. The summed E-state index contributed by atoms with van der Waals surface area (Å²) in [6.07, 6.45) is 3.04. The molecule has 2 fully saturated rings. The van der Waals surface area contributed by atoms with Crippen LogP contribution in [0, 0.1) is 11.8 Å². The van der Waals surface area contributed by atoms with Crippen molar-refractivity contribution >= 4 is 17.5 Å². The third kappa shape index (κ3) is 2.72. The molecule has 2 saturated heterocycles. The summed E-state index contributed by atoms with van der Waals surface area (Å²) in [6.45, 7) is 0.717. The van der Waals surface area contributed by atoms with Crippen molar-refractivity contribution in [2.24, 2.45) is 11.8 Å². The van der Waals surface area contributed by atoms with Gasteiger partial charge in [0.2, 0.25) is 11.8 Å². The van der Waals surface area contributed by atoms with Gasteiger partial charge in [-0.2, -0.15) is 0 Å². The van der Waals surface area contributed by atoms with E-state index in [-0.39, 0.29) is 24.4 Å². The van der Waals surface area contributed by atoms with E-state index in [4.69, 9.17) is 4.74 Å². The topological polar surface area (TPSA) is 62.7 Å². The molecule has 0 spiro atoms. The lowest BCUT2D eigenvalue weighted by atomic mass is 9.89. The number of hydrogen-bond acceptors (Lipinski definition) is 5. The Morgan fingerprint density at radius 2 is 1.68 bits per heavy atom. The molecule has 4 heterocycles. The lowest BCUT2D eigenvalue weighted by molar-refractivity contribution is -0.142. The number of fused-ring (bicyclic) bond motifs is 5. The number of likely N-dealkylation sites (tertiary alicyclic amines) is 1. The molecule has 3 aromatic rings. The van der Waals surface area contributed by atoms with Crippen LogP contribution in [-0.4, -0.2) is 27.9 Å². The van der Waals surface area contributed by atoms with Crippen LogP contribution in [0.5, 0.6) is 0 Å². The molecule has 0 radical (unpaired) electrons. The number of rotatable bonds is 3. The molecule has 31 heavy (non-hydrogen) atoms. The molecule has 3 aliphatic heterocycles. The number of imide groups is 1. The monoisotopic (exact) mass is 411 g/mol. The van der Waals surface area contributed by atoms with E-state index in [1.807, 2.05) is 66.7 Å². The third-order valence-corrected chi connectivity index (χ3v) is 6.60. The molecule has 0 unspecified atom stereocenters. The number of amides is 2. The van der Waals surface area contributed by atoms with E-state index < -0.39 is 18.1 Å². The highest BCUT2D eigenvalue weighted by atomic mass is 16.5. The van der Waals surface area contributed by atoms with Crippen molar-refractivity contribution < 1.29 is 14.3 Å². The number of ether oxygens (including phenoxy) is 1. The van der Waals surface area contributed by atoms with Gasteiger partial charge >= 0.3 is 0 Å². The maximum Gasteiger partial charge on any atom is 0.238 e. The van der Waals surface area contributed by atoms with Crippen molar-refractivity contribution in [2.45, 2.75) is 25.4 Å². The maximum absolute atomic E-state index is 13.6. The molecule has 0 aliphatic carbocycles. The zero-order valence-corrected chi connectivity index (χ0v) is 16.8. The van der Waals surface area contributed by atoms with Crippen molar-refractivity contribution in [1.82, 2.24) is 9.88 Å². The minimum Gasteiger partial charge on any atom is -0.353 e. The lowest BCUT2D eigenvalue weighted by Gasteiger charge is -2.39. The van der Waals surface area contributed by atoms with Gasteiger partial charge in [0, 0.05) is 23.6 Å². The highest BCUT2D eigenvalue weighted by Gasteiger charge is 2.64. The smallest absolute Gasteiger partial charge is 0.238 e. The van der Waals surface area contributed by atoms with E-state index in [9.17, 15) is 9.59 Å². The fourth-order valence-electron chi connectivity index (χ4n) is 5.28. The van der Waals surface area contributed by atoms with E-state index in [1.165, 1.54) is 4.90 Å². The van der Waals surface area contributed by atoms with Crippen LogP contribution in [-0.2, 0) is 27.5 Å². The first-order valence-electron chi connectivity index (χ1n) is 10.5. The summed E-state index contributed by atoms with van der Waals surface area (Å²) in [5.41, 5.74) is 3.95. The summed E-state index contributed by atoms with van der Waals surface area (Å²) in [5.74, 6) is -1.32. The van der Waals surface area contributed by atoms with Crippen molar-refractivity contribution in [3.05, 3.63) is 95.8 Å². The highest BCUT2D eigenvalue weighted by Crippen LogP contribution is 2.54. The second-order valence-electron chi connectivity index (χ2n) is 8.27. The van der Waals surface area contributed by atoms with E-state index in [0.29, 0.717) is 6.61 Å². The molecule has 2 amide bonds. The SMILES string of the molecule is O=C1[C@@H]2[C@H](C(=O)N1Cc1ccccc1)[C@@H](c1cccnc1)N1c3ccccc3CO[C@@H]21. The predicted octanol–water partition coefficient (Wildman–Crippen LogP) is 3.30. The van der Waals surface area contributed by atoms with Gasteiger partial charge < -0.3 is 9.64 Å². The fourth-order valence-corrected chi connectivity index (χ4v) is 5.28. The zero-order chi connectivity index (χ0) is 20.9. The molecule has 0 bridgehead atoms. The largest absolute Gasteiger partial charge is 0.353 e. The van der Waals surface area contributed by atoms with Crippen molar-refractivity contribution in [2.75, 3.05) is 4.90 Å². The van der Waals surface area contributed by atoms with Crippen LogP contribution in [0.25, 0.3) is 0 Å². The Labute approximate surface area is 180 Å². The summed E-state index contributed by atoms with van der Waals surface area (Å²) < 4.78 is 6.22. The van der Waals surface area contributed by atoms with Gasteiger partial charge in [-0.1, -0.05) is 54.6 Å². The van der Waals surface area contributed by atoms with Crippen LogP contribution >= 0.6 is 0 Å². The second-order valence-corrected chi connectivity index (χ2v) is 8.27. The molecule has 6 heteroatoms. The number of nitrogens with zero attached hydrogens (tertiary/aromatic N) is 3. The van der Waals surface area contributed by atoms with Gasteiger partial charge in [-0.15, -0.1) is 0 Å². The van der Waals surface area contributed by atoms with Gasteiger partial charge in [0.15, 0.2) is 0 Å². The van der Waals surface area contributed by atoms with Gasteiger partial charge in [-0.3, -0.25) is 19.5 Å². The first-order chi connectivity index (χ1) is 15.2. The highest BCUT2D eigenvalue weighted by molar-refractivity contribution is 6.07. The number of carbonyl (C=O) groups excluding carboxylic acids is 2. The van der Waals surface area contributed by atoms with Crippen molar-refractivity contribution in [1.29, 1.82) is 0 Å². The summed E-state index contributed by atoms with van der Waals surface area (Å²) in [4.78, 5) is 35.0. The van der Waals surface area contributed by atoms with E-state index in [1.54, 1.807) is 12.4 Å². The molecule has 3 aliphatic rings. The van der Waals surface area contributed by atoms with Crippen LogP contribution in [0.2, 0.25) is 0 Å². The van der Waals surface area contributed by atoms with Crippen molar-refractivity contribution in [3.63, 3.8) is 0 Å².